The minimum Gasteiger partial charge on any atom is -0.338 e. The first kappa shape index (κ1) is 18.7. The van der Waals surface area contributed by atoms with Crippen molar-refractivity contribution >= 4 is 16.8 Å². The molecule has 0 N–H and O–H groups in total. The average molecular weight is 377 g/mol. The van der Waals surface area contributed by atoms with Crippen molar-refractivity contribution in [3.63, 3.8) is 0 Å². The summed E-state index contributed by atoms with van der Waals surface area (Å²) < 4.78 is 2.19. The highest BCUT2D eigenvalue weighted by molar-refractivity contribution is 6.06. The number of imidazole rings is 1. The Morgan fingerprint density at radius 2 is 2.11 bits per heavy atom. The highest BCUT2D eigenvalue weighted by Gasteiger charge is 2.28. The Labute approximate surface area is 166 Å². The molecule has 3 aromatic rings. The highest BCUT2D eigenvalue weighted by atomic mass is 16.2. The Hall–Kier alpha value is -2.69. The molecule has 1 saturated heterocycles. The highest BCUT2D eigenvalue weighted by Crippen LogP contribution is 2.29. The van der Waals surface area contributed by atoms with E-state index in [1.54, 1.807) is 0 Å². The summed E-state index contributed by atoms with van der Waals surface area (Å²) in [5, 5.41) is 0.965. The van der Waals surface area contributed by atoms with E-state index >= 15 is 0 Å². The van der Waals surface area contributed by atoms with Gasteiger partial charge < -0.3 is 9.47 Å². The van der Waals surface area contributed by atoms with Gasteiger partial charge in [0.25, 0.3) is 5.91 Å². The second-order valence-corrected chi connectivity index (χ2v) is 7.68. The molecular formula is C23H28N4O. The first-order chi connectivity index (χ1) is 13.6. The van der Waals surface area contributed by atoms with Crippen LogP contribution in [0.15, 0.2) is 36.7 Å². The van der Waals surface area contributed by atoms with Gasteiger partial charge in [0.15, 0.2) is 0 Å². The standard InChI is InChI=1S/C23H28N4O/c1-4-17-8-9-21-19(14-17)20(13-16(3)25-21)23(28)27-11-6-7-18(15-27)22-24-10-12-26(22)5-2/h8-10,12-14,18H,4-7,11,15H2,1-3H3/t18-/m1/s1. The van der Waals surface area contributed by atoms with E-state index in [-0.39, 0.29) is 5.91 Å². The largest absolute Gasteiger partial charge is 0.338 e. The number of carbonyl (C=O) groups excluding carboxylic acids is 1. The summed E-state index contributed by atoms with van der Waals surface area (Å²) >= 11 is 0. The van der Waals surface area contributed by atoms with Gasteiger partial charge in [0.05, 0.1) is 11.1 Å². The van der Waals surface area contributed by atoms with E-state index in [1.807, 2.05) is 36.4 Å². The lowest BCUT2D eigenvalue weighted by molar-refractivity contribution is 0.0705. The number of pyridine rings is 1. The molecule has 0 radical (unpaired) electrons. The van der Waals surface area contributed by atoms with Crippen molar-refractivity contribution in [2.24, 2.45) is 0 Å². The predicted molar refractivity (Wildman–Crippen MR) is 112 cm³/mol. The maximum absolute atomic E-state index is 13.5. The molecule has 1 fully saturated rings. The fourth-order valence-corrected chi connectivity index (χ4v) is 4.29. The van der Waals surface area contributed by atoms with Gasteiger partial charge in [-0.15, -0.1) is 0 Å². The summed E-state index contributed by atoms with van der Waals surface area (Å²) in [5.74, 6) is 1.51. The van der Waals surface area contributed by atoms with Crippen molar-refractivity contribution in [3.8, 4) is 0 Å². The first-order valence-electron chi connectivity index (χ1n) is 10.3. The van der Waals surface area contributed by atoms with Crippen LogP contribution in [0.5, 0.6) is 0 Å². The van der Waals surface area contributed by atoms with Gasteiger partial charge in [-0.3, -0.25) is 9.78 Å². The molecule has 1 amide bonds. The first-order valence-corrected chi connectivity index (χ1v) is 10.3. The fourth-order valence-electron chi connectivity index (χ4n) is 4.29. The van der Waals surface area contributed by atoms with Crippen LogP contribution in [0.3, 0.4) is 0 Å². The zero-order valence-electron chi connectivity index (χ0n) is 17.0. The molecule has 0 spiro atoms. The Morgan fingerprint density at radius 3 is 2.89 bits per heavy atom. The molecule has 2 aromatic heterocycles. The molecule has 0 saturated carbocycles. The van der Waals surface area contributed by atoms with Crippen molar-refractivity contribution in [2.45, 2.75) is 52.5 Å². The number of rotatable bonds is 4. The number of benzene rings is 1. The number of piperidine rings is 1. The molecular weight excluding hydrogens is 348 g/mol. The normalized spacial score (nSPS) is 17.2. The van der Waals surface area contributed by atoms with Crippen molar-refractivity contribution in [1.82, 2.24) is 19.4 Å². The molecule has 28 heavy (non-hydrogen) atoms. The molecule has 146 valence electrons. The molecule has 1 aliphatic rings. The fraction of sp³-hybridized carbons (Fsp3) is 0.435. The second-order valence-electron chi connectivity index (χ2n) is 7.68. The van der Waals surface area contributed by atoms with Crippen LogP contribution in [-0.4, -0.2) is 38.4 Å². The third kappa shape index (κ3) is 3.41. The van der Waals surface area contributed by atoms with Gasteiger partial charge in [-0.05, 0) is 56.9 Å². The van der Waals surface area contributed by atoms with Crippen LogP contribution in [0.25, 0.3) is 10.9 Å². The Bertz CT molecular complexity index is 1010. The zero-order valence-corrected chi connectivity index (χ0v) is 17.0. The molecule has 0 unspecified atom stereocenters. The van der Waals surface area contributed by atoms with Gasteiger partial charge in [-0.25, -0.2) is 4.98 Å². The van der Waals surface area contributed by atoms with E-state index in [0.717, 1.165) is 66.9 Å². The van der Waals surface area contributed by atoms with Gasteiger partial charge in [0.2, 0.25) is 0 Å². The molecule has 5 heteroatoms. The molecule has 0 bridgehead atoms. The number of hydrogen-bond acceptors (Lipinski definition) is 3. The van der Waals surface area contributed by atoms with E-state index in [2.05, 4.69) is 40.5 Å². The van der Waals surface area contributed by atoms with Crippen LogP contribution >= 0.6 is 0 Å². The van der Waals surface area contributed by atoms with Gasteiger partial charge in [0.1, 0.15) is 5.82 Å². The van der Waals surface area contributed by atoms with Crippen LogP contribution in [0, 0.1) is 6.92 Å². The smallest absolute Gasteiger partial charge is 0.254 e. The molecule has 1 atom stereocenters. The van der Waals surface area contributed by atoms with Gasteiger partial charge in [-0.1, -0.05) is 13.0 Å². The van der Waals surface area contributed by atoms with Gasteiger partial charge >= 0.3 is 0 Å². The topological polar surface area (TPSA) is 51.0 Å². The van der Waals surface area contributed by atoms with Crippen molar-refractivity contribution in [3.05, 3.63) is 59.3 Å². The van der Waals surface area contributed by atoms with E-state index in [9.17, 15) is 4.79 Å². The zero-order chi connectivity index (χ0) is 19.7. The third-order valence-corrected chi connectivity index (χ3v) is 5.80. The lowest BCUT2D eigenvalue weighted by Gasteiger charge is -2.33. The van der Waals surface area contributed by atoms with Crippen LogP contribution in [-0.2, 0) is 13.0 Å². The van der Waals surface area contributed by atoms with Gasteiger partial charge in [-0.2, -0.15) is 0 Å². The Kier molecular flexibility index (Phi) is 5.16. The summed E-state index contributed by atoms with van der Waals surface area (Å²) in [7, 11) is 0. The van der Waals surface area contributed by atoms with Crippen LogP contribution in [0.1, 0.15) is 60.0 Å². The van der Waals surface area contributed by atoms with Crippen molar-refractivity contribution in [1.29, 1.82) is 0 Å². The second kappa shape index (κ2) is 7.74. The van der Waals surface area contributed by atoms with Gasteiger partial charge in [0, 0.05) is 49.0 Å². The van der Waals surface area contributed by atoms with E-state index in [0.29, 0.717) is 5.92 Å². The number of aryl methyl sites for hydroxylation is 3. The van der Waals surface area contributed by atoms with E-state index in [4.69, 9.17) is 0 Å². The van der Waals surface area contributed by atoms with E-state index < -0.39 is 0 Å². The molecule has 3 heterocycles. The van der Waals surface area contributed by atoms with Crippen LogP contribution in [0.2, 0.25) is 0 Å². The quantitative estimate of drug-likeness (QED) is 0.680. The van der Waals surface area contributed by atoms with Crippen molar-refractivity contribution in [2.75, 3.05) is 13.1 Å². The number of nitrogens with zero attached hydrogens (tertiary/aromatic N) is 4. The number of amides is 1. The summed E-state index contributed by atoms with van der Waals surface area (Å²) in [6, 6.07) is 8.21. The molecule has 0 aliphatic carbocycles. The average Bonchev–Trinajstić information content (AvgIpc) is 3.21. The monoisotopic (exact) mass is 376 g/mol. The maximum Gasteiger partial charge on any atom is 0.254 e. The van der Waals surface area contributed by atoms with Crippen LogP contribution < -0.4 is 0 Å². The summed E-state index contributed by atoms with van der Waals surface area (Å²) in [6.07, 6.45) is 6.93. The van der Waals surface area contributed by atoms with E-state index in [1.165, 1.54) is 5.56 Å². The number of carbonyl (C=O) groups is 1. The number of hydrogen-bond donors (Lipinski definition) is 0. The number of aromatic nitrogens is 3. The molecule has 1 aliphatic heterocycles. The lowest BCUT2D eigenvalue weighted by Crippen LogP contribution is -2.40. The minimum atomic E-state index is 0.114. The minimum absolute atomic E-state index is 0.114. The molecule has 4 rings (SSSR count). The SMILES string of the molecule is CCc1ccc2nc(C)cc(C(=O)N3CCC[C@@H](c4nccn4CC)C3)c2c1. The molecule has 5 nitrogen and oxygen atoms in total. The summed E-state index contributed by atoms with van der Waals surface area (Å²) in [5.41, 5.74) is 3.79. The van der Waals surface area contributed by atoms with Crippen LogP contribution in [0.4, 0.5) is 0 Å². The summed E-state index contributed by atoms with van der Waals surface area (Å²) in [6.45, 7) is 8.67. The maximum atomic E-state index is 13.5. The lowest BCUT2D eigenvalue weighted by atomic mass is 9.95. The third-order valence-electron chi connectivity index (χ3n) is 5.80. The Morgan fingerprint density at radius 1 is 1.25 bits per heavy atom. The Balaban J connectivity index is 1.67. The summed E-state index contributed by atoms with van der Waals surface area (Å²) in [4.78, 5) is 24.7. The molecule has 1 aromatic carbocycles. The number of fused-ring (bicyclic) bond motifs is 1. The predicted octanol–water partition coefficient (Wildman–Crippen LogP) is 4.34. The number of likely N-dealkylation sites (tertiary alicyclic amines) is 1. The van der Waals surface area contributed by atoms with Crippen molar-refractivity contribution < 1.29 is 4.79 Å².